The van der Waals surface area contributed by atoms with Gasteiger partial charge in [-0.25, -0.2) is 13.4 Å². The van der Waals surface area contributed by atoms with Gasteiger partial charge in [0.25, 0.3) is 0 Å². The number of aromatic nitrogens is 2. The molecule has 6 nitrogen and oxygen atoms in total. The molecule has 0 spiro atoms. The molecule has 0 amide bonds. The van der Waals surface area contributed by atoms with Gasteiger partial charge in [-0.15, -0.1) is 0 Å². The molecule has 2 aliphatic rings. The summed E-state index contributed by atoms with van der Waals surface area (Å²) in [5.41, 5.74) is 5.85. The quantitative estimate of drug-likeness (QED) is 0.442. The smallest absolute Gasteiger partial charge is 0.175 e. The fourth-order valence-corrected chi connectivity index (χ4v) is 7.10. The number of imidazole rings is 1. The molecule has 7 heteroatoms. The van der Waals surface area contributed by atoms with Crippen LogP contribution in [0.15, 0.2) is 41.3 Å². The highest BCUT2D eigenvalue weighted by Gasteiger charge is 2.29. The molecule has 1 aromatic heterocycles. The molecule has 2 aromatic carbocycles. The lowest BCUT2D eigenvalue weighted by Crippen LogP contribution is -2.48. The monoisotopic (exact) mass is 522 g/mol. The highest BCUT2D eigenvalue weighted by molar-refractivity contribution is 7.90. The summed E-state index contributed by atoms with van der Waals surface area (Å²) in [5.74, 6) is 2.21. The number of piperidine rings is 2. The van der Waals surface area contributed by atoms with Crippen LogP contribution in [0.5, 0.6) is 0 Å². The van der Waals surface area contributed by atoms with Crippen LogP contribution in [0.3, 0.4) is 0 Å². The Labute approximate surface area is 222 Å². The molecule has 2 aliphatic heterocycles. The van der Waals surface area contributed by atoms with Crippen molar-refractivity contribution in [3.05, 3.63) is 47.5 Å². The van der Waals surface area contributed by atoms with Gasteiger partial charge in [0.1, 0.15) is 5.82 Å². The van der Waals surface area contributed by atoms with Crippen LogP contribution in [-0.4, -0.2) is 72.8 Å². The van der Waals surface area contributed by atoms with E-state index >= 15 is 0 Å². The average molecular weight is 523 g/mol. The van der Waals surface area contributed by atoms with Crippen LogP contribution in [0.4, 0.5) is 0 Å². The van der Waals surface area contributed by atoms with Gasteiger partial charge in [0, 0.05) is 31.5 Å². The Kier molecular flexibility index (Phi) is 7.49. The van der Waals surface area contributed by atoms with Crippen molar-refractivity contribution in [2.75, 3.05) is 39.0 Å². The lowest BCUT2D eigenvalue weighted by molar-refractivity contribution is 0.0828. The molecule has 37 heavy (non-hydrogen) atoms. The highest BCUT2D eigenvalue weighted by Crippen LogP contribution is 2.35. The first-order valence-electron chi connectivity index (χ1n) is 13.8. The third-order valence-electron chi connectivity index (χ3n) is 8.48. The van der Waals surface area contributed by atoms with Crippen LogP contribution in [0, 0.1) is 12.8 Å². The van der Waals surface area contributed by atoms with E-state index in [1.807, 2.05) is 12.1 Å². The average Bonchev–Trinajstić information content (AvgIpc) is 3.18. The van der Waals surface area contributed by atoms with Crippen molar-refractivity contribution in [3.63, 3.8) is 0 Å². The van der Waals surface area contributed by atoms with Crippen LogP contribution in [0.25, 0.3) is 22.4 Å². The Bertz CT molecular complexity index is 1340. The molecule has 0 bridgehead atoms. The van der Waals surface area contributed by atoms with E-state index in [0.717, 1.165) is 34.4 Å². The van der Waals surface area contributed by atoms with E-state index in [2.05, 4.69) is 54.3 Å². The summed E-state index contributed by atoms with van der Waals surface area (Å²) in [6.45, 7) is 13.0. The van der Waals surface area contributed by atoms with Crippen LogP contribution in [-0.2, 0) is 16.9 Å². The summed E-state index contributed by atoms with van der Waals surface area (Å²) < 4.78 is 25.8. The summed E-state index contributed by atoms with van der Waals surface area (Å²) in [5, 5.41) is 0. The number of nitrogens with zero attached hydrogens (tertiary/aromatic N) is 4. The maximum Gasteiger partial charge on any atom is 0.175 e. The van der Waals surface area contributed by atoms with Crippen LogP contribution in [0.1, 0.15) is 56.6 Å². The van der Waals surface area contributed by atoms with E-state index in [-0.39, 0.29) is 0 Å². The van der Waals surface area contributed by atoms with Gasteiger partial charge >= 0.3 is 0 Å². The Hall–Kier alpha value is -2.22. The third-order valence-corrected chi connectivity index (χ3v) is 9.60. The first-order valence-corrected chi connectivity index (χ1v) is 15.7. The molecular formula is C30H42N4O2S. The molecule has 3 heterocycles. The van der Waals surface area contributed by atoms with E-state index in [0.29, 0.717) is 10.8 Å². The molecule has 0 radical (unpaired) electrons. The first kappa shape index (κ1) is 26.4. The number of sulfone groups is 1. The van der Waals surface area contributed by atoms with E-state index in [9.17, 15) is 8.42 Å². The van der Waals surface area contributed by atoms with Crippen molar-refractivity contribution >= 4 is 20.9 Å². The molecule has 0 atom stereocenters. The van der Waals surface area contributed by atoms with Crippen molar-refractivity contribution in [3.8, 4) is 11.4 Å². The largest absolute Gasteiger partial charge is 0.327 e. The van der Waals surface area contributed by atoms with Gasteiger partial charge in [0.15, 0.2) is 9.84 Å². The molecule has 5 rings (SSSR count). The van der Waals surface area contributed by atoms with E-state index < -0.39 is 9.84 Å². The summed E-state index contributed by atoms with van der Waals surface area (Å²) in [6.07, 6.45) is 6.30. The van der Waals surface area contributed by atoms with Crippen LogP contribution < -0.4 is 0 Å². The predicted molar refractivity (Wildman–Crippen MR) is 152 cm³/mol. The second-order valence-electron chi connectivity index (χ2n) is 11.7. The van der Waals surface area contributed by atoms with Gasteiger partial charge < -0.3 is 14.4 Å². The molecule has 0 aliphatic carbocycles. The summed E-state index contributed by atoms with van der Waals surface area (Å²) >= 11 is 0. The molecule has 0 unspecified atom stereocenters. The van der Waals surface area contributed by atoms with Crippen molar-refractivity contribution in [2.45, 2.75) is 63.3 Å². The second-order valence-corrected chi connectivity index (χ2v) is 13.7. The minimum Gasteiger partial charge on any atom is -0.327 e. The summed E-state index contributed by atoms with van der Waals surface area (Å²) in [4.78, 5) is 10.7. The SMILES string of the molecule is Cc1cc2nc(-c3ccc(S(C)(=O)=O)cc3)n(C)c2cc1C1CCN(C2CCN(CC(C)C)CC2)CC1. The van der Waals surface area contributed by atoms with Gasteiger partial charge in [-0.1, -0.05) is 13.8 Å². The van der Waals surface area contributed by atoms with Crippen molar-refractivity contribution in [1.82, 2.24) is 19.4 Å². The van der Waals surface area contributed by atoms with Crippen LogP contribution in [0.2, 0.25) is 0 Å². The van der Waals surface area contributed by atoms with Crippen LogP contribution >= 0.6 is 0 Å². The highest BCUT2D eigenvalue weighted by atomic mass is 32.2. The number of fused-ring (bicyclic) bond motifs is 1. The molecule has 2 saturated heterocycles. The number of hydrogen-bond donors (Lipinski definition) is 0. The number of hydrogen-bond acceptors (Lipinski definition) is 5. The second kappa shape index (κ2) is 10.5. The summed E-state index contributed by atoms with van der Waals surface area (Å²) in [6, 6.07) is 12.4. The zero-order valence-corrected chi connectivity index (χ0v) is 23.9. The van der Waals surface area contributed by atoms with Crippen molar-refractivity contribution in [1.29, 1.82) is 0 Å². The zero-order valence-electron chi connectivity index (χ0n) is 23.1. The maximum absolute atomic E-state index is 11.8. The molecule has 0 N–H and O–H groups in total. The normalized spacial score (nSPS) is 19.3. The lowest BCUT2D eigenvalue weighted by Gasteiger charge is -2.42. The zero-order chi connectivity index (χ0) is 26.3. The minimum absolute atomic E-state index is 0.334. The number of likely N-dealkylation sites (tertiary alicyclic amines) is 2. The maximum atomic E-state index is 11.8. The summed E-state index contributed by atoms with van der Waals surface area (Å²) in [7, 11) is -1.15. The van der Waals surface area contributed by atoms with Gasteiger partial charge in [-0.05, 0) is 118 Å². The van der Waals surface area contributed by atoms with E-state index in [1.165, 1.54) is 75.8 Å². The molecule has 200 valence electrons. The fraction of sp³-hybridized carbons (Fsp3) is 0.567. The molecule has 2 fully saturated rings. The number of benzene rings is 2. The van der Waals surface area contributed by atoms with E-state index in [4.69, 9.17) is 4.98 Å². The Morgan fingerprint density at radius 2 is 1.62 bits per heavy atom. The fourth-order valence-electron chi connectivity index (χ4n) is 6.47. The molecule has 0 saturated carbocycles. The number of aryl methyl sites for hydroxylation is 2. The third kappa shape index (κ3) is 5.64. The molecule has 3 aromatic rings. The first-order chi connectivity index (χ1) is 17.6. The Morgan fingerprint density at radius 3 is 2.22 bits per heavy atom. The predicted octanol–water partition coefficient (Wildman–Crippen LogP) is 5.25. The minimum atomic E-state index is -3.21. The van der Waals surface area contributed by atoms with E-state index in [1.54, 1.807) is 12.1 Å². The Morgan fingerprint density at radius 1 is 0.973 bits per heavy atom. The topological polar surface area (TPSA) is 58.4 Å². The number of rotatable bonds is 6. The Balaban J connectivity index is 1.29. The van der Waals surface area contributed by atoms with Gasteiger partial charge in [0.05, 0.1) is 15.9 Å². The lowest BCUT2D eigenvalue weighted by atomic mass is 9.85. The van der Waals surface area contributed by atoms with Crippen molar-refractivity contribution in [2.24, 2.45) is 13.0 Å². The molecular weight excluding hydrogens is 480 g/mol. The van der Waals surface area contributed by atoms with Gasteiger partial charge in [-0.2, -0.15) is 0 Å². The van der Waals surface area contributed by atoms with Crippen molar-refractivity contribution < 1.29 is 8.42 Å². The standard InChI is InChI=1S/C30H42N4O2S/c1-21(2)20-33-14-12-25(13-15-33)34-16-10-23(11-17-34)27-19-29-28(18-22(27)3)31-30(32(29)4)24-6-8-26(9-7-24)37(5,35)36/h6-9,18-19,21,23,25H,10-17,20H2,1-5H3. The van der Waals surface area contributed by atoms with Gasteiger partial charge in [0.2, 0.25) is 0 Å². The van der Waals surface area contributed by atoms with Gasteiger partial charge in [-0.3, -0.25) is 0 Å².